The highest BCUT2D eigenvalue weighted by Gasteiger charge is 2.43. The summed E-state index contributed by atoms with van der Waals surface area (Å²) in [5.74, 6) is 0. The van der Waals surface area contributed by atoms with Gasteiger partial charge in [-0.1, -0.05) is 26.7 Å². The molecule has 3 unspecified atom stereocenters. The standard InChI is InChI=1S/C18H36N2O3/c1-7-10-13(11-8-2)19-16-14(12-15(16)22-9-3)20-17(21)23-18(4,5)6/h13-16,19H,7-12H2,1-6H3,(H,20,21). The fourth-order valence-electron chi connectivity index (χ4n) is 3.10. The van der Waals surface area contributed by atoms with Crippen LogP contribution in [0.15, 0.2) is 0 Å². The van der Waals surface area contributed by atoms with Gasteiger partial charge in [-0.3, -0.25) is 0 Å². The Bertz CT molecular complexity index is 349. The van der Waals surface area contributed by atoms with Crippen LogP contribution in [0.4, 0.5) is 4.79 Å². The maximum absolute atomic E-state index is 12.0. The van der Waals surface area contributed by atoms with Crippen molar-refractivity contribution in [3.05, 3.63) is 0 Å². The first kappa shape index (κ1) is 20.2. The molecule has 1 aliphatic carbocycles. The van der Waals surface area contributed by atoms with Crippen molar-refractivity contribution in [2.75, 3.05) is 6.61 Å². The minimum absolute atomic E-state index is 0.0811. The molecule has 0 aromatic carbocycles. The summed E-state index contributed by atoms with van der Waals surface area (Å²) >= 11 is 0. The van der Waals surface area contributed by atoms with E-state index in [4.69, 9.17) is 9.47 Å². The Labute approximate surface area is 141 Å². The predicted octanol–water partition coefficient (Wildman–Crippen LogP) is 3.62. The summed E-state index contributed by atoms with van der Waals surface area (Å²) in [6, 6.07) is 0.740. The quantitative estimate of drug-likeness (QED) is 0.679. The van der Waals surface area contributed by atoms with Crippen LogP contribution >= 0.6 is 0 Å². The number of rotatable bonds is 9. The molecule has 136 valence electrons. The van der Waals surface area contributed by atoms with Gasteiger partial charge in [-0.25, -0.2) is 4.79 Å². The summed E-state index contributed by atoms with van der Waals surface area (Å²) in [7, 11) is 0. The van der Waals surface area contributed by atoms with Crippen LogP contribution in [0.2, 0.25) is 0 Å². The van der Waals surface area contributed by atoms with Crippen LogP contribution in [0, 0.1) is 0 Å². The van der Waals surface area contributed by atoms with E-state index < -0.39 is 5.60 Å². The van der Waals surface area contributed by atoms with Crippen molar-refractivity contribution in [3.8, 4) is 0 Å². The van der Waals surface area contributed by atoms with E-state index in [9.17, 15) is 4.79 Å². The Kier molecular flexibility index (Phi) is 8.34. The summed E-state index contributed by atoms with van der Waals surface area (Å²) < 4.78 is 11.2. The summed E-state index contributed by atoms with van der Waals surface area (Å²) in [6.45, 7) is 12.8. The van der Waals surface area contributed by atoms with Gasteiger partial charge in [-0.2, -0.15) is 0 Å². The van der Waals surface area contributed by atoms with E-state index in [-0.39, 0.29) is 24.3 Å². The highest BCUT2D eigenvalue weighted by molar-refractivity contribution is 5.68. The third-order valence-corrected chi connectivity index (χ3v) is 4.11. The molecule has 0 spiro atoms. The molecule has 1 rings (SSSR count). The van der Waals surface area contributed by atoms with Crippen LogP contribution in [0.5, 0.6) is 0 Å². The molecular weight excluding hydrogens is 292 g/mol. The van der Waals surface area contributed by atoms with Gasteiger partial charge in [0.25, 0.3) is 0 Å². The van der Waals surface area contributed by atoms with E-state index in [1.165, 1.54) is 0 Å². The molecule has 0 aromatic rings. The second-order valence-electron chi connectivity index (χ2n) is 7.45. The number of carbonyl (C=O) groups is 1. The Balaban J connectivity index is 2.59. The normalized spacial score (nSPS) is 24.4. The Morgan fingerprint density at radius 3 is 2.26 bits per heavy atom. The lowest BCUT2D eigenvalue weighted by Gasteiger charge is -2.46. The van der Waals surface area contributed by atoms with Gasteiger partial charge >= 0.3 is 6.09 Å². The zero-order chi connectivity index (χ0) is 17.5. The Morgan fingerprint density at radius 2 is 1.78 bits per heavy atom. The predicted molar refractivity (Wildman–Crippen MR) is 93.7 cm³/mol. The lowest BCUT2D eigenvalue weighted by Crippen LogP contribution is -2.67. The third kappa shape index (κ3) is 7.08. The first-order valence-electron chi connectivity index (χ1n) is 9.17. The number of amides is 1. The molecule has 0 aromatic heterocycles. The Hall–Kier alpha value is -0.810. The zero-order valence-corrected chi connectivity index (χ0v) is 15.8. The summed E-state index contributed by atoms with van der Waals surface area (Å²) in [5, 5.41) is 6.71. The SMILES string of the molecule is CCCC(CCC)NC1C(NC(=O)OC(C)(C)C)CC1OCC. The third-order valence-electron chi connectivity index (χ3n) is 4.11. The van der Waals surface area contributed by atoms with Crippen LogP contribution in [0.1, 0.15) is 73.6 Å². The fraction of sp³-hybridized carbons (Fsp3) is 0.944. The van der Waals surface area contributed by atoms with Crippen molar-refractivity contribution in [3.63, 3.8) is 0 Å². The minimum Gasteiger partial charge on any atom is -0.444 e. The van der Waals surface area contributed by atoms with E-state index in [0.29, 0.717) is 12.6 Å². The molecule has 0 heterocycles. The molecule has 1 amide bonds. The smallest absolute Gasteiger partial charge is 0.407 e. The molecule has 2 N–H and O–H groups in total. The molecule has 0 radical (unpaired) electrons. The van der Waals surface area contributed by atoms with E-state index in [1.54, 1.807) is 0 Å². The fourth-order valence-corrected chi connectivity index (χ4v) is 3.10. The molecule has 1 fully saturated rings. The maximum Gasteiger partial charge on any atom is 0.407 e. The number of carbonyl (C=O) groups excluding carboxylic acids is 1. The average molecular weight is 328 g/mol. The van der Waals surface area contributed by atoms with Gasteiger partial charge in [0.1, 0.15) is 5.60 Å². The van der Waals surface area contributed by atoms with Crippen molar-refractivity contribution in [1.29, 1.82) is 0 Å². The van der Waals surface area contributed by atoms with E-state index in [0.717, 1.165) is 32.1 Å². The van der Waals surface area contributed by atoms with Gasteiger partial charge in [-0.15, -0.1) is 0 Å². The van der Waals surface area contributed by atoms with Crippen molar-refractivity contribution in [2.24, 2.45) is 0 Å². The highest BCUT2D eigenvalue weighted by Crippen LogP contribution is 2.26. The van der Waals surface area contributed by atoms with Gasteiger partial charge < -0.3 is 20.1 Å². The van der Waals surface area contributed by atoms with Crippen molar-refractivity contribution >= 4 is 6.09 Å². The van der Waals surface area contributed by atoms with Crippen molar-refractivity contribution in [1.82, 2.24) is 10.6 Å². The number of alkyl carbamates (subject to hydrolysis) is 1. The lowest BCUT2D eigenvalue weighted by atomic mass is 9.81. The summed E-state index contributed by atoms with van der Waals surface area (Å²) in [4.78, 5) is 12.0. The number of hydrogen-bond acceptors (Lipinski definition) is 4. The molecule has 0 saturated heterocycles. The van der Waals surface area contributed by atoms with Crippen molar-refractivity contribution < 1.29 is 14.3 Å². The highest BCUT2D eigenvalue weighted by atomic mass is 16.6. The van der Waals surface area contributed by atoms with Crippen LogP contribution in [-0.2, 0) is 9.47 Å². The molecule has 5 nitrogen and oxygen atoms in total. The van der Waals surface area contributed by atoms with Gasteiger partial charge in [0.2, 0.25) is 0 Å². The van der Waals surface area contributed by atoms with Gasteiger partial charge in [0.15, 0.2) is 0 Å². The monoisotopic (exact) mass is 328 g/mol. The van der Waals surface area contributed by atoms with E-state index in [2.05, 4.69) is 24.5 Å². The molecule has 3 atom stereocenters. The van der Waals surface area contributed by atoms with Gasteiger partial charge in [0, 0.05) is 12.6 Å². The first-order chi connectivity index (χ1) is 10.8. The maximum atomic E-state index is 12.0. The molecular formula is C18H36N2O3. The van der Waals surface area contributed by atoms with Crippen LogP contribution in [0.25, 0.3) is 0 Å². The second kappa shape index (κ2) is 9.48. The largest absolute Gasteiger partial charge is 0.444 e. The molecule has 1 aliphatic rings. The molecule has 5 heteroatoms. The Morgan fingerprint density at radius 1 is 1.17 bits per heavy atom. The molecule has 0 bridgehead atoms. The number of hydrogen-bond donors (Lipinski definition) is 2. The molecule has 0 aliphatic heterocycles. The number of ether oxygens (including phenoxy) is 2. The van der Waals surface area contributed by atoms with Gasteiger partial charge in [-0.05, 0) is 47.0 Å². The van der Waals surface area contributed by atoms with Crippen LogP contribution in [0.3, 0.4) is 0 Å². The summed E-state index contributed by atoms with van der Waals surface area (Å²) in [5.41, 5.74) is -0.469. The molecule has 1 saturated carbocycles. The van der Waals surface area contributed by atoms with Crippen LogP contribution < -0.4 is 10.6 Å². The zero-order valence-electron chi connectivity index (χ0n) is 15.8. The first-order valence-corrected chi connectivity index (χ1v) is 9.17. The second-order valence-corrected chi connectivity index (χ2v) is 7.45. The number of nitrogens with one attached hydrogen (secondary N) is 2. The topological polar surface area (TPSA) is 59.6 Å². The van der Waals surface area contributed by atoms with Crippen molar-refractivity contribution in [2.45, 2.75) is 103 Å². The average Bonchev–Trinajstić information content (AvgIpc) is 2.42. The lowest BCUT2D eigenvalue weighted by molar-refractivity contribution is -0.0472. The van der Waals surface area contributed by atoms with Gasteiger partial charge in [0.05, 0.1) is 18.2 Å². The van der Waals surface area contributed by atoms with Crippen LogP contribution in [-0.4, -0.2) is 42.5 Å². The van der Waals surface area contributed by atoms with E-state index in [1.807, 2.05) is 27.7 Å². The van der Waals surface area contributed by atoms with E-state index >= 15 is 0 Å². The summed E-state index contributed by atoms with van der Waals surface area (Å²) in [6.07, 6.45) is 5.31. The minimum atomic E-state index is -0.469. The molecule has 23 heavy (non-hydrogen) atoms.